The van der Waals surface area contributed by atoms with Gasteiger partial charge in [-0.05, 0) is 54.1 Å². The van der Waals surface area contributed by atoms with E-state index in [9.17, 15) is 14.0 Å². The number of anilines is 1. The Labute approximate surface area is 199 Å². The average molecular weight is 473 g/mol. The fraction of sp³-hybridized carbons (Fsp3) is 0.115. The first-order chi connectivity index (χ1) is 16.9. The van der Waals surface area contributed by atoms with Gasteiger partial charge in [-0.15, -0.1) is 0 Å². The van der Waals surface area contributed by atoms with Crippen LogP contribution in [0.15, 0.2) is 60.7 Å². The van der Waals surface area contributed by atoms with Crippen molar-refractivity contribution in [2.45, 2.75) is 6.42 Å². The van der Waals surface area contributed by atoms with Crippen molar-refractivity contribution in [3.05, 3.63) is 88.9 Å². The highest BCUT2D eigenvalue weighted by atomic mass is 19.1. The molecule has 1 aliphatic rings. The SMILES string of the molecule is COc1cc2c(cc1OC)-c1c(c(C(=O)Nc3ccc(C(=O)O)cc3)nn1-c1ccccc1F)C2. The summed E-state index contributed by atoms with van der Waals surface area (Å²) in [5.74, 6) is -0.988. The summed E-state index contributed by atoms with van der Waals surface area (Å²) in [6.07, 6.45) is 0.389. The Kier molecular flexibility index (Phi) is 5.44. The predicted molar refractivity (Wildman–Crippen MR) is 126 cm³/mol. The van der Waals surface area contributed by atoms with E-state index in [0.717, 1.165) is 11.1 Å². The summed E-state index contributed by atoms with van der Waals surface area (Å²) in [5.41, 5.74) is 3.74. The average Bonchev–Trinajstić information content (AvgIpc) is 3.40. The Bertz CT molecular complexity index is 1480. The molecule has 0 unspecified atom stereocenters. The maximum atomic E-state index is 14.8. The van der Waals surface area contributed by atoms with Crippen molar-refractivity contribution in [3.63, 3.8) is 0 Å². The molecule has 8 nitrogen and oxygen atoms in total. The molecule has 9 heteroatoms. The van der Waals surface area contributed by atoms with E-state index in [1.807, 2.05) is 6.07 Å². The number of methoxy groups -OCH3 is 2. The van der Waals surface area contributed by atoms with E-state index in [-0.39, 0.29) is 16.9 Å². The standard InChI is InChI=1S/C26H20FN3O5/c1-34-21-12-15-11-18-23(25(31)28-16-9-7-14(8-10-16)26(32)33)29-30(20-6-4-3-5-19(20)27)24(18)17(15)13-22(21)35-2/h3-10,12-13H,11H2,1-2H3,(H,28,31)(H,32,33). The Morgan fingerprint density at radius 3 is 2.37 bits per heavy atom. The monoisotopic (exact) mass is 473 g/mol. The number of hydrogen-bond donors (Lipinski definition) is 2. The summed E-state index contributed by atoms with van der Waals surface area (Å²) in [7, 11) is 3.07. The molecule has 0 radical (unpaired) electrons. The number of benzene rings is 3. The van der Waals surface area contributed by atoms with E-state index in [2.05, 4.69) is 10.4 Å². The first-order valence-corrected chi connectivity index (χ1v) is 10.7. The van der Waals surface area contributed by atoms with Crippen LogP contribution in [-0.4, -0.2) is 41.0 Å². The van der Waals surface area contributed by atoms with Crippen molar-refractivity contribution in [1.29, 1.82) is 0 Å². The maximum absolute atomic E-state index is 14.8. The van der Waals surface area contributed by atoms with Crippen molar-refractivity contribution in [1.82, 2.24) is 9.78 Å². The molecule has 1 amide bonds. The van der Waals surface area contributed by atoms with Crippen molar-refractivity contribution in [3.8, 4) is 28.4 Å². The number of aromatic carboxylic acids is 1. The zero-order valence-electron chi connectivity index (χ0n) is 18.8. The Morgan fingerprint density at radius 1 is 1.03 bits per heavy atom. The fourth-order valence-corrected chi connectivity index (χ4v) is 4.24. The summed E-state index contributed by atoms with van der Waals surface area (Å²) in [6.45, 7) is 0. The molecule has 35 heavy (non-hydrogen) atoms. The van der Waals surface area contributed by atoms with Crippen LogP contribution in [0.1, 0.15) is 32.0 Å². The molecule has 0 aliphatic heterocycles. The molecule has 0 fully saturated rings. The number of carboxylic acid groups (broad SMARTS) is 1. The zero-order chi connectivity index (χ0) is 24.7. The van der Waals surface area contributed by atoms with Crippen LogP contribution in [0.2, 0.25) is 0 Å². The van der Waals surface area contributed by atoms with Crippen molar-refractivity contribution >= 4 is 17.6 Å². The van der Waals surface area contributed by atoms with Crippen LogP contribution in [0.25, 0.3) is 16.9 Å². The van der Waals surface area contributed by atoms with Gasteiger partial charge in [0.05, 0.1) is 25.5 Å². The topological polar surface area (TPSA) is 103 Å². The third-order valence-electron chi connectivity index (χ3n) is 5.90. The van der Waals surface area contributed by atoms with Gasteiger partial charge in [0.2, 0.25) is 0 Å². The van der Waals surface area contributed by atoms with E-state index in [1.54, 1.807) is 31.4 Å². The summed E-state index contributed by atoms with van der Waals surface area (Å²) < 4.78 is 27.1. The Balaban J connectivity index is 1.62. The third kappa shape index (κ3) is 3.76. The van der Waals surface area contributed by atoms with Crippen LogP contribution in [-0.2, 0) is 6.42 Å². The van der Waals surface area contributed by atoms with E-state index in [0.29, 0.717) is 34.9 Å². The van der Waals surface area contributed by atoms with Crippen LogP contribution < -0.4 is 14.8 Å². The quantitative estimate of drug-likeness (QED) is 0.375. The third-order valence-corrected chi connectivity index (χ3v) is 5.90. The first kappa shape index (κ1) is 22.1. The van der Waals surface area contributed by atoms with Crippen LogP contribution in [0.5, 0.6) is 11.5 Å². The van der Waals surface area contributed by atoms with E-state index in [4.69, 9.17) is 14.6 Å². The van der Waals surface area contributed by atoms with Gasteiger partial charge in [0, 0.05) is 23.2 Å². The van der Waals surface area contributed by atoms with Crippen molar-refractivity contribution < 1.29 is 28.6 Å². The van der Waals surface area contributed by atoms with Gasteiger partial charge in [0.25, 0.3) is 5.91 Å². The number of para-hydroxylation sites is 1. The van der Waals surface area contributed by atoms with Gasteiger partial charge in [-0.25, -0.2) is 13.9 Å². The van der Waals surface area contributed by atoms with E-state index < -0.39 is 17.7 Å². The highest BCUT2D eigenvalue weighted by molar-refractivity contribution is 6.06. The largest absolute Gasteiger partial charge is 0.493 e. The number of carbonyl (C=O) groups is 2. The number of carboxylic acids is 1. The molecular formula is C26H20FN3O5. The number of nitrogens with zero attached hydrogens (tertiary/aromatic N) is 2. The Hall–Kier alpha value is -4.66. The second-order valence-corrected chi connectivity index (χ2v) is 7.92. The van der Waals surface area contributed by atoms with Crippen molar-refractivity contribution in [2.24, 2.45) is 0 Å². The van der Waals surface area contributed by atoms with Crippen molar-refractivity contribution in [2.75, 3.05) is 19.5 Å². The molecule has 1 heterocycles. The minimum atomic E-state index is -1.06. The number of fused-ring (bicyclic) bond motifs is 3. The number of hydrogen-bond acceptors (Lipinski definition) is 5. The molecule has 3 aromatic carbocycles. The normalized spacial score (nSPS) is 11.5. The molecule has 1 aliphatic carbocycles. The van der Waals surface area contributed by atoms with Gasteiger partial charge < -0.3 is 19.9 Å². The lowest BCUT2D eigenvalue weighted by molar-refractivity contribution is 0.0696. The summed E-state index contributed by atoms with van der Waals surface area (Å²) in [5, 5.41) is 16.3. The number of aromatic nitrogens is 2. The minimum absolute atomic E-state index is 0.103. The highest BCUT2D eigenvalue weighted by Gasteiger charge is 2.33. The summed E-state index contributed by atoms with van der Waals surface area (Å²) in [6, 6.07) is 15.6. The van der Waals surface area contributed by atoms with E-state index in [1.165, 1.54) is 42.1 Å². The number of amides is 1. The van der Waals surface area contributed by atoms with Gasteiger partial charge in [-0.2, -0.15) is 5.10 Å². The van der Waals surface area contributed by atoms with Gasteiger partial charge in [-0.3, -0.25) is 4.79 Å². The first-order valence-electron chi connectivity index (χ1n) is 10.7. The number of nitrogens with one attached hydrogen (secondary N) is 1. The molecule has 1 aromatic heterocycles. The molecule has 4 aromatic rings. The Morgan fingerprint density at radius 2 is 1.71 bits per heavy atom. The lowest BCUT2D eigenvalue weighted by Gasteiger charge is -2.12. The van der Waals surface area contributed by atoms with Crippen LogP contribution in [0.3, 0.4) is 0 Å². The number of halogens is 1. The number of carbonyl (C=O) groups excluding carboxylic acids is 1. The molecule has 0 spiro atoms. The summed E-state index contributed by atoms with van der Waals surface area (Å²) >= 11 is 0. The van der Waals surface area contributed by atoms with Gasteiger partial charge in [0.1, 0.15) is 11.5 Å². The maximum Gasteiger partial charge on any atom is 0.335 e. The van der Waals surface area contributed by atoms with Crippen LogP contribution in [0, 0.1) is 5.82 Å². The molecule has 176 valence electrons. The lowest BCUT2D eigenvalue weighted by atomic mass is 10.1. The molecule has 0 saturated carbocycles. The van der Waals surface area contributed by atoms with Crippen LogP contribution in [0.4, 0.5) is 10.1 Å². The highest BCUT2D eigenvalue weighted by Crippen LogP contribution is 2.45. The molecule has 0 bridgehead atoms. The number of rotatable bonds is 6. The molecular weight excluding hydrogens is 453 g/mol. The lowest BCUT2D eigenvalue weighted by Crippen LogP contribution is -2.15. The minimum Gasteiger partial charge on any atom is -0.493 e. The second-order valence-electron chi connectivity index (χ2n) is 7.92. The van der Waals surface area contributed by atoms with Gasteiger partial charge >= 0.3 is 5.97 Å². The van der Waals surface area contributed by atoms with Gasteiger partial charge in [-0.1, -0.05) is 12.1 Å². The molecule has 0 saturated heterocycles. The predicted octanol–water partition coefficient (Wildman–Crippen LogP) is 4.55. The molecule has 5 rings (SSSR count). The van der Waals surface area contributed by atoms with Gasteiger partial charge in [0.15, 0.2) is 17.2 Å². The summed E-state index contributed by atoms with van der Waals surface area (Å²) in [4.78, 5) is 24.4. The number of ether oxygens (including phenoxy) is 2. The molecule has 2 N–H and O–H groups in total. The second kappa shape index (κ2) is 8.60. The zero-order valence-corrected chi connectivity index (χ0v) is 18.8. The van der Waals surface area contributed by atoms with Crippen LogP contribution >= 0.6 is 0 Å². The molecule has 0 atom stereocenters. The fourth-order valence-electron chi connectivity index (χ4n) is 4.24. The smallest absolute Gasteiger partial charge is 0.335 e. The van der Waals surface area contributed by atoms with E-state index >= 15 is 0 Å².